The van der Waals surface area contributed by atoms with Crippen LogP contribution in [-0.4, -0.2) is 34.1 Å². The summed E-state index contributed by atoms with van der Waals surface area (Å²) < 4.78 is 0.509. The average molecular weight is 345 g/mol. The summed E-state index contributed by atoms with van der Waals surface area (Å²) >= 11 is 3.14. The summed E-state index contributed by atoms with van der Waals surface area (Å²) in [5.41, 5.74) is 5.62. The Labute approximate surface area is 122 Å². The van der Waals surface area contributed by atoms with Gasteiger partial charge in [-0.3, -0.25) is 9.59 Å². The Kier molecular flexibility index (Phi) is 5.66. The molecule has 1 rings (SSSR count). The van der Waals surface area contributed by atoms with Gasteiger partial charge in [-0.2, -0.15) is 0 Å². The van der Waals surface area contributed by atoms with Gasteiger partial charge in [0.1, 0.15) is 6.04 Å². The van der Waals surface area contributed by atoms with Crippen LogP contribution in [0.5, 0.6) is 0 Å². The van der Waals surface area contributed by atoms with Crippen LogP contribution in [-0.2, 0) is 9.59 Å². The number of nitrogens with two attached hydrogens (primary N) is 1. The fourth-order valence-corrected chi connectivity index (χ4v) is 1.91. The standard InChI is InChI=1S/C12H13BrN2O5/c13-7-3-6(11(17)18)4-8(5-7)15-10(16)2-1-9(14)12(19)20/h3-5,9H,1-2,14H2,(H,15,16)(H,17,18)(H,19,20). The van der Waals surface area contributed by atoms with Crippen LogP contribution in [0.1, 0.15) is 23.2 Å². The number of benzene rings is 1. The zero-order chi connectivity index (χ0) is 15.3. The maximum atomic E-state index is 11.6. The van der Waals surface area contributed by atoms with Gasteiger partial charge in [0, 0.05) is 16.6 Å². The van der Waals surface area contributed by atoms with Crippen molar-refractivity contribution in [3.63, 3.8) is 0 Å². The second kappa shape index (κ2) is 7.01. The maximum absolute atomic E-state index is 11.6. The van der Waals surface area contributed by atoms with Gasteiger partial charge in [-0.1, -0.05) is 15.9 Å². The van der Waals surface area contributed by atoms with E-state index in [9.17, 15) is 14.4 Å². The number of aromatic carboxylic acids is 1. The van der Waals surface area contributed by atoms with E-state index in [0.29, 0.717) is 10.2 Å². The lowest BCUT2D eigenvalue weighted by molar-refractivity contribution is -0.138. The van der Waals surface area contributed by atoms with Crippen molar-refractivity contribution in [1.29, 1.82) is 0 Å². The van der Waals surface area contributed by atoms with Crippen LogP contribution < -0.4 is 11.1 Å². The molecule has 0 heterocycles. The zero-order valence-electron chi connectivity index (χ0n) is 10.3. The highest BCUT2D eigenvalue weighted by Crippen LogP contribution is 2.20. The van der Waals surface area contributed by atoms with E-state index in [1.165, 1.54) is 12.1 Å². The molecule has 1 aromatic rings. The molecular formula is C12H13BrN2O5. The number of halogens is 1. The van der Waals surface area contributed by atoms with Crippen molar-refractivity contribution < 1.29 is 24.6 Å². The average Bonchev–Trinajstić information content (AvgIpc) is 2.34. The SMILES string of the molecule is NC(CCC(=O)Nc1cc(Br)cc(C(=O)O)c1)C(=O)O. The highest BCUT2D eigenvalue weighted by molar-refractivity contribution is 9.10. The van der Waals surface area contributed by atoms with Gasteiger partial charge in [0.2, 0.25) is 5.91 Å². The van der Waals surface area contributed by atoms with Crippen molar-refractivity contribution in [3.8, 4) is 0 Å². The number of hydrogen-bond donors (Lipinski definition) is 4. The Hall–Kier alpha value is -1.93. The molecule has 1 amide bonds. The highest BCUT2D eigenvalue weighted by Gasteiger charge is 2.14. The van der Waals surface area contributed by atoms with E-state index in [1.807, 2.05) is 0 Å². The molecule has 1 aromatic carbocycles. The van der Waals surface area contributed by atoms with Crippen LogP contribution in [0, 0.1) is 0 Å². The van der Waals surface area contributed by atoms with Crippen molar-refractivity contribution >= 4 is 39.5 Å². The number of nitrogens with one attached hydrogen (secondary N) is 1. The maximum Gasteiger partial charge on any atom is 0.335 e. The first-order valence-corrected chi connectivity index (χ1v) is 6.41. The molecule has 0 aliphatic carbocycles. The summed E-state index contributed by atoms with van der Waals surface area (Å²) in [7, 11) is 0. The third-order valence-corrected chi connectivity index (χ3v) is 2.89. The number of rotatable bonds is 6. The van der Waals surface area contributed by atoms with E-state index in [-0.39, 0.29) is 18.4 Å². The van der Waals surface area contributed by atoms with E-state index in [4.69, 9.17) is 15.9 Å². The number of carboxylic acid groups (broad SMARTS) is 2. The smallest absolute Gasteiger partial charge is 0.335 e. The first-order valence-electron chi connectivity index (χ1n) is 5.61. The minimum absolute atomic E-state index is 0.000950. The normalized spacial score (nSPS) is 11.7. The summed E-state index contributed by atoms with van der Waals surface area (Å²) in [4.78, 5) is 33.0. The summed E-state index contributed by atoms with van der Waals surface area (Å²) in [5.74, 6) is -2.72. The fourth-order valence-electron chi connectivity index (χ4n) is 1.42. The van der Waals surface area contributed by atoms with Gasteiger partial charge in [0.15, 0.2) is 0 Å². The molecular weight excluding hydrogens is 332 g/mol. The fraction of sp³-hybridized carbons (Fsp3) is 0.250. The molecule has 0 saturated carbocycles. The van der Waals surface area contributed by atoms with Gasteiger partial charge in [0.05, 0.1) is 5.56 Å². The number of carboxylic acids is 2. The summed E-state index contributed by atoms with van der Waals surface area (Å²) in [6.45, 7) is 0. The van der Waals surface area contributed by atoms with Crippen LogP contribution in [0.4, 0.5) is 5.69 Å². The molecule has 108 valence electrons. The van der Waals surface area contributed by atoms with E-state index in [2.05, 4.69) is 21.2 Å². The van der Waals surface area contributed by atoms with Gasteiger partial charge >= 0.3 is 11.9 Å². The Morgan fingerprint density at radius 3 is 2.45 bits per heavy atom. The predicted molar refractivity (Wildman–Crippen MR) is 74.6 cm³/mol. The van der Waals surface area contributed by atoms with Gasteiger partial charge in [0.25, 0.3) is 0 Å². The van der Waals surface area contributed by atoms with Crippen LogP contribution in [0.15, 0.2) is 22.7 Å². The van der Waals surface area contributed by atoms with Crippen molar-refractivity contribution in [2.45, 2.75) is 18.9 Å². The quantitative estimate of drug-likeness (QED) is 0.614. The van der Waals surface area contributed by atoms with Gasteiger partial charge in [-0.15, -0.1) is 0 Å². The van der Waals surface area contributed by atoms with Crippen LogP contribution >= 0.6 is 15.9 Å². The summed E-state index contributed by atoms with van der Waals surface area (Å²) in [6.07, 6.45) is -0.0661. The van der Waals surface area contributed by atoms with E-state index >= 15 is 0 Å². The van der Waals surface area contributed by atoms with Crippen LogP contribution in [0.25, 0.3) is 0 Å². The second-order valence-electron chi connectivity index (χ2n) is 4.07. The lowest BCUT2D eigenvalue weighted by Crippen LogP contribution is -2.31. The minimum atomic E-state index is -1.17. The molecule has 0 radical (unpaired) electrons. The number of anilines is 1. The molecule has 0 bridgehead atoms. The summed E-state index contributed by atoms with van der Waals surface area (Å²) in [5, 5.41) is 20.0. The van der Waals surface area contributed by atoms with Crippen LogP contribution in [0.3, 0.4) is 0 Å². The molecule has 7 nitrogen and oxygen atoms in total. The number of carbonyl (C=O) groups is 3. The Bertz CT molecular complexity index is 547. The monoisotopic (exact) mass is 344 g/mol. The van der Waals surface area contributed by atoms with Crippen molar-refractivity contribution in [1.82, 2.24) is 0 Å². The lowest BCUT2D eigenvalue weighted by Gasteiger charge is -2.08. The largest absolute Gasteiger partial charge is 0.480 e. The van der Waals surface area contributed by atoms with Gasteiger partial charge < -0.3 is 21.3 Å². The molecule has 20 heavy (non-hydrogen) atoms. The van der Waals surface area contributed by atoms with E-state index < -0.39 is 23.9 Å². The lowest BCUT2D eigenvalue weighted by atomic mass is 10.1. The number of amides is 1. The first-order chi connectivity index (χ1) is 9.29. The third kappa shape index (κ3) is 4.98. The molecule has 0 aliphatic heterocycles. The Morgan fingerprint density at radius 2 is 1.90 bits per heavy atom. The molecule has 1 atom stereocenters. The predicted octanol–water partition coefficient (Wildman–Crippen LogP) is 1.28. The molecule has 0 spiro atoms. The van der Waals surface area contributed by atoms with E-state index in [0.717, 1.165) is 0 Å². The minimum Gasteiger partial charge on any atom is -0.480 e. The molecule has 5 N–H and O–H groups in total. The van der Waals surface area contributed by atoms with Gasteiger partial charge in [-0.25, -0.2) is 4.79 Å². The molecule has 8 heteroatoms. The second-order valence-corrected chi connectivity index (χ2v) is 4.98. The van der Waals surface area contributed by atoms with Gasteiger partial charge in [-0.05, 0) is 24.6 Å². The number of carbonyl (C=O) groups excluding carboxylic acids is 1. The third-order valence-electron chi connectivity index (χ3n) is 2.43. The first kappa shape index (κ1) is 16.1. The topological polar surface area (TPSA) is 130 Å². The van der Waals surface area contributed by atoms with Crippen molar-refractivity contribution in [2.24, 2.45) is 5.73 Å². The Morgan fingerprint density at radius 1 is 1.25 bits per heavy atom. The highest BCUT2D eigenvalue weighted by atomic mass is 79.9. The Balaban J connectivity index is 2.66. The zero-order valence-corrected chi connectivity index (χ0v) is 11.9. The number of hydrogen-bond acceptors (Lipinski definition) is 4. The molecule has 0 fully saturated rings. The molecule has 1 unspecified atom stereocenters. The van der Waals surface area contributed by atoms with E-state index in [1.54, 1.807) is 6.07 Å². The molecule has 0 saturated heterocycles. The summed E-state index contributed by atoms with van der Waals surface area (Å²) in [6, 6.07) is 3.15. The number of aliphatic carboxylic acids is 1. The molecule has 0 aromatic heterocycles. The van der Waals surface area contributed by atoms with Crippen molar-refractivity contribution in [2.75, 3.05) is 5.32 Å². The van der Waals surface area contributed by atoms with Crippen molar-refractivity contribution in [3.05, 3.63) is 28.2 Å². The molecule has 0 aliphatic rings. The van der Waals surface area contributed by atoms with Crippen LogP contribution in [0.2, 0.25) is 0 Å².